The van der Waals surface area contributed by atoms with E-state index in [1.807, 2.05) is 19.1 Å². The quantitative estimate of drug-likeness (QED) is 0.873. The number of rotatable bonds is 3. The SMILES string of the molecule is CNC(=O)c1cccc(NC2CCN(C)CC2)c1C. The number of nitrogens with one attached hydrogen (secondary N) is 2. The zero-order chi connectivity index (χ0) is 13.8. The summed E-state index contributed by atoms with van der Waals surface area (Å²) in [5.41, 5.74) is 2.86. The van der Waals surface area contributed by atoms with Crippen molar-refractivity contribution >= 4 is 11.6 Å². The van der Waals surface area contributed by atoms with Gasteiger partial charge in [0.15, 0.2) is 0 Å². The molecule has 0 bridgehead atoms. The van der Waals surface area contributed by atoms with Crippen LogP contribution in [0.1, 0.15) is 28.8 Å². The third kappa shape index (κ3) is 3.26. The molecule has 2 rings (SSSR count). The van der Waals surface area contributed by atoms with Gasteiger partial charge in [-0.05, 0) is 57.6 Å². The molecule has 1 saturated heterocycles. The van der Waals surface area contributed by atoms with E-state index >= 15 is 0 Å². The fourth-order valence-corrected chi connectivity index (χ4v) is 2.55. The molecule has 4 heteroatoms. The monoisotopic (exact) mass is 261 g/mol. The van der Waals surface area contributed by atoms with Gasteiger partial charge in [0.1, 0.15) is 0 Å². The van der Waals surface area contributed by atoms with E-state index in [4.69, 9.17) is 0 Å². The van der Waals surface area contributed by atoms with E-state index in [2.05, 4.69) is 28.6 Å². The van der Waals surface area contributed by atoms with Gasteiger partial charge in [-0.2, -0.15) is 0 Å². The third-order valence-corrected chi connectivity index (χ3v) is 3.88. The third-order valence-electron chi connectivity index (χ3n) is 3.88. The molecule has 4 nitrogen and oxygen atoms in total. The van der Waals surface area contributed by atoms with Crippen LogP contribution >= 0.6 is 0 Å². The highest BCUT2D eigenvalue weighted by Crippen LogP contribution is 2.22. The topological polar surface area (TPSA) is 44.4 Å². The maximum Gasteiger partial charge on any atom is 0.251 e. The first kappa shape index (κ1) is 13.9. The number of anilines is 1. The maximum absolute atomic E-state index is 11.8. The van der Waals surface area contributed by atoms with Gasteiger partial charge < -0.3 is 15.5 Å². The summed E-state index contributed by atoms with van der Waals surface area (Å²) in [4.78, 5) is 14.1. The molecule has 1 aliphatic heterocycles. The van der Waals surface area contributed by atoms with Crippen molar-refractivity contribution in [2.75, 3.05) is 32.5 Å². The Morgan fingerprint density at radius 1 is 1.32 bits per heavy atom. The van der Waals surface area contributed by atoms with Crippen molar-refractivity contribution in [3.05, 3.63) is 29.3 Å². The van der Waals surface area contributed by atoms with Gasteiger partial charge in [0.2, 0.25) is 0 Å². The number of likely N-dealkylation sites (tertiary alicyclic amines) is 1. The number of carbonyl (C=O) groups is 1. The van der Waals surface area contributed by atoms with Crippen molar-refractivity contribution in [2.24, 2.45) is 0 Å². The highest BCUT2D eigenvalue weighted by Gasteiger charge is 2.18. The number of piperidine rings is 1. The normalized spacial score (nSPS) is 17.2. The Hall–Kier alpha value is -1.55. The molecule has 0 spiro atoms. The van der Waals surface area contributed by atoms with Crippen LogP contribution in [0.5, 0.6) is 0 Å². The lowest BCUT2D eigenvalue weighted by molar-refractivity contribution is 0.0962. The number of carbonyl (C=O) groups excluding carboxylic acids is 1. The van der Waals surface area contributed by atoms with Crippen molar-refractivity contribution < 1.29 is 4.79 Å². The van der Waals surface area contributed by atoms with E-state index in [0.717, 1.165) is 42.7 Å². The molecule has 0 aliphatic carbocycles. The minimum absolute atomic E-state index is 0.0236. The Morgan fingerprint density at radius 3 is 2.63 bits per heavy atom. The molecule has 0 unspecified atom stereocenters. The summed E-state index contributed by atoms with van der Waals surface area (Å²) in [6.07, 6.45) is 2.31. The van der Waals surface area contributed by atoms with Crippen molar-refractivity contribution in [3.63, 3.8) is 0 Å². The summed E-state index contributed by atoms with van der Waals surface area (Å²) in [7, 11) is 3.83. The van der Waals surface area contributed by atoms with Gasteiger partial charge in [0.05, 0.1) is 0 Å². The lowest BCUT2D eigenvalue weighted by Crippen LogP contribution is -2.36. The van der Waals surface area contributed by atoms with Crippen LogP contribution in [-0.4, -0.2) is 44.0 Å². The van der Waals surface area contributed by atoms with E-state index in [-0.39, 0.29) is 5.91 Å². The average molecular weight is 261 g/mol. The second kappa shape index (κ2) is 6.06. The summed E-state index contributed by atoms with van der Waals surface area (Å²) < 4.78 is 0. The standard InChI is InChI=1S/C15H23N3O/c1-11-13(15(19)16-2)5-4-6-14(11)17-12-7-9-18(3)10-8-12/h4-6,12,17H,7-10H2,1-3H3,(H,16,19). The predicted octanol–water partition coefficient (Wildman–Crippen LogP) is 1.86. The van der Waals surface area contributed by atoms with Crippen LogP contribution in [0.2, 0.25) is 0 Å². The van der Waals surface area contributed by atoms with Crippen molar-refractivity contribution in [1.29, 1.82) is 0 Å². The van der Waals surface area contributed by atoms with Crippen LogP contribution < -0.4 is 10.6 Å². The molecule has 104 valence electrons. The minimum atomic E-state index is -0.0236. The molecule has 2 N–H and O–H groups in total. The molecule has 1 aliphatic rings. The van der Waals surface area contributed by atoms with Crippen LogP contribution in [0.3, 0.4) is 0 Å². The van der Waals surface area contributed by atoms with E-state index < -0.39 is 0 Å². The summed E-state index contributed by atoms with van der Waals surface area (Å²) >= 11 is 0. The van der Waals surface area contributed by atoms with Crippen molar-refractivity contribution in [3.8, 4) is 0 Å². The minimum Gasteiger partial charge on any atom is -0.382 e. The lowest BCUT2D eigenvalue weighted by atomic mass is 10.0. The van der Waals surface area contributed by atoms with Gasteiger partial charge >= 0.3 is 0 Å². The van der Waals surface area contributed by atoms with Gasteiger partial charge in [-0.3, -0.25) is 4.79 Å². The van der Waals surface area contributed by atoms with Crippen LogP contribution in [0.25, 0.3) is 0 Å². The Kier molecular flexibility index (Phi) is 4.43. The van der Waals surface area contributed by atoms with E-state index in [1.165, 1.54) is 0 Å². The first-order chi connectivity index (χ1) is 9.11. The molecular weight excluding hydrogens is 238 g/mol. The number of amides is 1. The van der Waals surface area contributed by atoms with Crippen molar-refractivity contribution in [1.82, 2.24) is 10.2 Å². The fourth-order valence-electron chi connectivity index (χ4n) is 2.55. The number of nitrogens with zero attached hydrogens (tertiary/aromatic N) is 1. The summed E-state index contributed by atoms with van der Waals surface area (Å²) in [5, 5.41) is 6.27. The molecule has 0 saturated carbocycles. The molecular formula is C15H23N3O. The summed E-state index contributed by atoms with van der Waals surface area (Å²) in [6.45, 7) is 4.26. The van der Waals surface area contributed by atoms with Crippen molar-refractivity contribution in [2.45, 2.75) is 25.8 Å². The molecule has 0 radical (unpaired) electrons. The summed E-state index contributed by atoms with van der Waals surface area (Å²) in [5.74, 6) is -0.0236. The van der Waals surface area contributed by atoms with Crippen LogP contribution in [-0.2, 0) is 0 Å². The lowest BCUT2D eigenvalue weighted by Gasteiger charge is -2.30. The van der Waals surface area contributed by atoms with Crippen LogP contribution in [0, 0.1) is 6.92 Å². The van der Waals surface area contributed by atoms with Gasteiger partial charge in [0, 0.05) is 24.3 Å². The van der Waals surface area contributed by atoms with Gasteiger partial charge in [-0.25, -0.2) is 0 Å². The van der Waals surface area contributed by atoms with E-state index in [9.17, 15) is 4.79 Å². The molecule has 1 aromatic rings. The highest BCUT2D eigenvalue weighted by atomic mass is 16.1. The summed E-state index contributed by atoms with van der Waals surface area (Å²) in [6, 6.07) is 6.37. The van der Waals surface area contributed by atoms with E-state index in [1.54, 1.807) is 7.05 Å². The first-order valence-corrected chi connectivity index (χ1v) is 6.88. The Morgan fingerprint density at radius 2 is 2.00 bits per heavy atom. The van der Waals surface area contributed by atoms with Crippen LogP contribution in [0.15, 0.2) is 18.2 Å². The van der Waals surface area contributed by atoms with Gasteiger partial charge in [0.25, 0.3) is 5.91 Å². The van der Waals surface area contributed by atoms with Gasteiger partial charge in [-0.15, -0.1) is 0 Å². The Bertz CT molecular complexity index is 451. The first-order valence-electron chi connectivity index (χ1n) is 6.88. The zero-order valence-electron chi connectivity index (χ0n) is 12.0. The largest absolute Gasteiger partial charge is 0.382 e. The predicted molar refractivity (Wildman–Crippen MR) is 78.7 cm³/mol. The Labute approximate surface area is 115 Å². The number of benzene rings is 1. The fraction of sp³-hybridized carbons (Fsp3) is 0.533. The molecule has 1 fully saturated rings. The highest BCUT2D eigenvalue weighted by molar-refractivity contribution is 5.96. The number of hydrogen-bond acceptors (Lipinski definition) is 3. The van der Waals surface area contributed by atoms with E-state index in [0.29, 0.717) is 6.04 Å². The molecule has 1 aromatic carbocycles. The zero-order valence-corrected chi connectivity index (χ0v) is 12.0. The number of hydrogen-bond donors (Lipinski definition) is 2. The smallest absolute Gasteiger partial charge is 0.251 e. The molecule has 1 amide bonds. The second-order valence-corrected chi connectivity index (χ2v) is 5.28. The Balaban J connectivity index is 2.10. The van der Waals surface area contributed by atoms with Gasteiger partial charge in [-0.1, -0.05) is 6.07 Å². The second-order valence-electron chi connectivity index (χ2n) is 5.28. The average Bonchev–Trinajstić information content (AvgIpc) is 2.43. The molecule has 1 heterocycles. The molecule has 0 atom stereocenters. The van der Waals surface area contributed by atoms with Crippen LogP contribution in [0.4, 0.5) is 5.69 Å². The maximum atomic E-state index is 11.8. The molecule has 0 aromatic heterocycles. The molecule has 19 heavy (non-hydrogen) atoms.